The van der Waals surface area contributed by atoms with Crippen LogP contribution in [0.3, 0.4) is 0 Å². The van der Waals surface area contributed by atoms with Crippen LogP contribution in [-0.4, -0.2) is 38.7 Å². The number of carbonyl (C=O) groups excluding carboxylic acids is 1. The lowest BCUT2D eigenvalue weighted by atomic mass is 10.1. The van der Waals surface area contributed by atoms with E-state index >= 15 is 0 Å². The Morgan fingerprint density at radius 1 is 1.30 bits per heavy atom. The molecule has 146 valence electrons. The van der Waals surface area contributed by atoms with Gasteiger partial charge in [0.1, 0.15) is 12.3 Å². The first-order chi connectivity index (χ1) is 13.2. The average molecular weight is 390 g/mol. The third kappa shape index (κ3) is 5.79. The van der Waals surface area contributed by atoms with Gasteiger partial charge in [-0.2, -0.15) is 0 Å². The second-order valence-corrected chi connectivity index (χ2v) is 8.35. The van der Waals surface area contributed by atoms with Crippen LogP contribution in [0.15, 0.2) is 41.8 Å². The van der Waals surface area contributed by atoms with Crippen molar-refractivity contribution in [2.45, 2.75) is 38.3 Å². The summed E-state index contributed by atoms with van der Waals surface area (Å²) in [4.78, 5) is 15.5. The van der Waals surface area contributed by atoms with E-state index in [1.165, 1.54) is 30.8 Å². The summed E-state index contributed by atoms with van der Waals surface area (Å²) in [5.41, 5.74) is 0.782. The van der Waals surface area contributed by atoms with Crippen molar-refractivity contribution >= 4 is 22.9 Å². The lowest BCUT2D eigenvalue weighted by molar-refractivity contribution is -0.935. The number of quaternary nitrogens is 2. The first kappa shape index (κ1) is 19.9. The number of methoxy groups -OCH3 is 1. The molecule has 2 atom stereocenters. The summed E-state index contributed by atoms with van der Waals surface area (Å²) in [6, 6.07) is 12.7. The Morgan fingerprint density at radius 3 is 2.81 bits per heavy atom. The molecule has 2 heterocycles. The van der Waals surface area contributed by atoms with E-state index in [2.05, 4.69) is 35.1 Å². The van der Waals surface area contributed by atoms with Crippen molar-refractivity contribution < 1.29 is 19.7 Å². The predicted molar refractivity (Wildman–Crippen MR) is 109 cm³/mol. The van der Waals surface area contributed by atoms with Gasteiger partial charge in [0.15, 0.2) is 6.04 Å². The summed E-state index contributed by atoms with van der Waals surface area (Å²) in [6.45, 7) is 5.70. The molecule has 1 saturated heterocycles. The van der Waals surface area contributed by atoms with Crippen LogP contribution in [0.4, 0.5) is 5.69 Å². The second-order valence-electron chi connectivity index (χ2n) is 7.37. The molecule has 27 heavy (non-hydrogen) atoms. The van der Waals surface area contributed by atoms with Crippen molar-refractivity contribution in [3.05, 3.63) is 46.7 Å². The molecule has 4 N–H and O–H groups in total. The highest BCUT2D eigenvalue weighted by Crippen LogP contribution is 2.17. The van der Waals surface area contributed by atoms with Gasteiger partial charge in [-0.15, -0.1) is 11.3 Å². The summed E-state index contributed by atoms with van der Waals surface area (Å²) in [6.07, 6.45) is 3.16. The second kappa shape index (κ2) is 9.88. The first-order valence-electron chi connectivity index (χ1n) is 9.81. The third-order valence-corrected chi connectivity index (χ3v) is 6.25. The van der Waals surface area contributed by atoms with Gasteiger partial charge in [-0.1, -0.05) is 12.1 Å². The highest BCUT2D eigenvalue weighted by molar-refractivity contribution is 7.10. The van der Waals surface area contributed by atoms with E-state index in [1.807, 2.05) is 35.6 Å². The van der Waals surface area contributed by atoms with E-state index in [0.29, 0.717) is 12.5 Å². The molecule has 0 bridgehead atoms. The van der Waals surface area contributed by atoms with Crippen LogP contribution in [-0.2, 0) is 4.79 Å². The van der Waals surface area contributed by atoms with E-state index in [-0.39, 0.29) is 11.9 Å². The number of benzene rings is 1. The van der Waals surface area contributed by atoms with E-state index in [4.69, 9.17) is 4.74 Å². The normalized spacial score (nSPS) is 16.8. The van der Waals surface area contributed by atoms with Gasteiger partial charge in [-0.05, 0) is 30.5 Å². The van der Waals surface area contributed by atoms with Gasteiger partial charge < -0.3 is 20.3 Å². The average Bonchev–Trinajstić information content (AvgIpc) is 3.36. The third-order valence-electron chi connectivity index (χ3n) is 5.26. The van der Waals surface area contributed by atoms with Crippen LogP contribution >= 0.6 is 11.3 Å². The van der Waals surface area contributed by atoms with Crippen LogP contribution in [0, 0.1) is 0 Å². The van der Waals surface area contributed by atoms with Crippen LogP contribution in [0.2, 0.25) is 0 Å². The fourth-order valence-corrected chi connectivity index (χ4v) is 4.71. The topological polar surface area (TPSA) is 59.4 Å². The smallest absolute Gasteiger partial charge is 0.230 e. The molecule has 0 unspecified atom stereocenters. The monoisotopic (exact) mass is 389 g/mol. The number of likely N-dealkylation sites (tertiary alicyclic amines) is 1. The Hall–Kier alpha value is -1.89. The predicted octanol–water partition coefficient (Wildman–Crippen LogP) is 1.46. The Kier molecular flexibility index (Phi) is 7.26. The summed E-state index contributed by atoms with van der Waals surface area (Å²) in [7, 11) is 1.63. The molecule has 1 aromatic heterocycles. The number of rotatable bonds is 9. The van der Waals surface area contributed by atoms with Gasteiger partial charge in [0.2, 0.25) is 5.91 Å². The van der Waals surface area contributed by atoms with Gasteiger partial charge >= 0.3 is 0 Å². The Bertz CT molecular complexity index is 714. The molecule has 1 amide bonds. The fraction of sp³-hybridized carbons (Fsp3) is 0.476. The molecular weight excluding hydrogens is 358 g/mol. The Balaban J connectivity index is 1.50. The molecule has 1 aromatic carbocycles. The SMILES string of the molecule is COc1cccc(NC(=O)C[C@@H](C)[NH2+]C[C@@H](c2cccs2)[NH+]2CCCC2)c1. The van der Waals surface area contributed by atoms with Crippen LogP contribution in [0.5, 0.6) is 5.75 Å². The minimum atomic E-state index is 0.0493. The minimum Gasteiger partial charge on any atom is -0.497 e. The molecule has 3 rings (SSSR count). The lowest BCUT2D eigenvalue weighted by Crippen LogP contribution is -3.13. The molecule has 1 fully saturated rings. The number of amides is 1. The van der Waals surface area contributed by atoms with Gasteiger partial charge in [0.25, 0.3) is 0 Å². The number of hydrogen-bond donors (Lipinski definition) is 3. The number of nitrogens with two attached hydrogens (primary N) is 1. The molecule has 0 spiro atoms. The zero-order valence-corrected chi connectivity index (χ0v) is 17.1. The zero-order chi connectivity index (χ0) is 19.1. The maximum atomic E-state index is 12.4. The lowest BCUT2D eigenvalue weighted by Gasteiger charge is -2.23. The first-order valence-corrected chi connectivity index (χ1v) is 10.7. The molecule has 5 nitrogen and oxygen atoms in total. The van der Waals surface area contributed by atoms with Gasteiger partial charge in [0, 0.05) is 24.6 Å². The molecular formula is C21H31N3O2S+2. The Morgan fingerprint density at radius 2 is 2.11 bits per heavy atom. The zero-order valence-electron chi connectivity index (χ0n) is 16.2. The van der Waals surface area contributed by atoms with Crippen molar-refractivity contribution in [3.8, 4) is 5.75 Å². The molecule has 6 heteroatoms. The number of carbonyl (C=O) groups is 1. The largest absolute Gasteiger partial charge is 0.497 e. The summed E-state index contributed by atoms with van der Waals surface area (Å²) in [5.74, 6) is 0.799. The van der Waals surface area contributed by atoms with E-state index in [0.717, 1.165) is 18.0 Å². The highest BCUT2D eigenvalue weighted by Gasteiger charge is 2.30. The van der Waals surface area contributed by atoms with E-state index in [1.54, 1.807) is 12.0 Å². The van der Waals surface area contributed by atoms with Crippen LogP contribution in [0.1, 0.15) is 37.1 Å². The number of anilines is 1. The number of hydrogen-bond acceptors (Lipinski definition) is 3. The summed E-state index contributed by atoms with van der Waals surface area (Å²) in [5, 5.41) is 7.48. The van der Waals surface area contributed by atoms with Gasteiger partial charge in [-0.25, -0.2) is 0 Å². The van der Waals surface area contributed by atoms with Crippen molar-refractivity contribution in [1.82, 2.24) is 0 Å². The van der Waals surface area contributed by atoms with Crippen molar-refractivity contribution in [3.63, 3.8) is 0 Å². The van der Waals surface area contributed by atoms with Crippen LogP contribution < -0.4 is 20.3 Å². The number of nitrogens with one attached hydrogen (secondary N) is 2. The Labute approximate surface area is 165 Å². The quantitative estimate of drug-likeness (QED) is 0.608. The summed E-state index contributed by atoms with van der Waals surface area (Å²) >= 11 is 1.86. The maximum Gasteiger partial charge on any atom is 0.230 e. The van der Waals surface area contributed by atoms with Crippen molar-refractivity contribution in [2.75, 3.05) is 32.1 Å². The van der Waals surface area contributed by atoms with Crippen molar-refractivity contribution in [1.29, 1.82) is 0 Å². The van der Waals surface area contributed by atoms with Gasteiger partial charge in [0.05, 0.1) is 37.5 Å². The van der Waals surface area contributed by atoms with E-state index in [9.17, 15) is 4.79 Å². The molecule has 1 aliphatic heterocycles. The molecule has 0 aliphatic carbocycles. The standard InChI is InChI=1S/C21H29N3O2S/c1-16(13-21(25)23-17-7-5-8-18(14-17)26-2)22-15-19(20-9-6-12-27-20)24-10-3-4-11-24/h5-9,12,14,16,19,22H,3-4,10-11,13,15H2,1-2H3,(H,23,25)/p+2/t16-,19+/m1/s1. The molecule has 0 saturated carbocycles. The fourth-order valence-electron chi connectivity index (χ4n) is 3.81. The number of ether oxygens (including phenoxy) is 1. The van der Waals surface area contributed by atoms with E-state index < -0.39 is 0 Å². The van der Waals surface area contributed by atoms with Gasteiger partial charge in [-0.3, -0.25) is 4.79 Å². The molecule has 2 aromatic rings. The van der Waals surface area contributed by atoms with Crippen LogP contribution in [0.25, 0.3) is 0 Å². The number of thiophene rings is 1. The minimum absolute atomic E-state index is 0.0493. The highest BCUT2D eigenvalue weighted by atomic mass is 32.1. The molecule has 0 radical (unpaired) electrons. The maximum absolute atomic E-state index is 12.4. The molecule has 1 aliphatic rings. The van der Waals surface area contributed by atoms with Crippen molar-refractivity contribution in [2.24, 2.45) is 0 Å². The summed E-state index contributed by atoms with van der Waals surface area (Å²) < 4.78 is 5.21.